The molecule has 0 bridgehead atoms. The van der Waals surface area contributed by atoms with Crippen LogP contribution in [0.15, 0.2) is 60.7 Å². The zero-order valence-corrected chi connectivity index (χ0v) is 17.2. The van der Waals surface area contributed by atoms with Gasteiger partial charge in [0.1, 0.15) is 5.75 Å². The van der Waals surface area contributed by atoms with Crippen LogP contribution in [0.3, 0.4) is 0 Å². The van der Waals surface area contributed by atoms with Crippen LogP contribution in [0.4, 0.5) is 17.1 Å². The number of anilines is 3. The second kappa shape index (κ2) is 8.39. The van der Waals surface area contributed by atoms with Crippen LogP contribution in [0.2, 0.25) is 0 Å². The molecule has 0 aliphatic carbocycles. The van der Waals surface area contributed by atoms with Crippen LogP contribution in [0.25, 0.3) is 0 Å². The van der Waals surface area contributed by atoms with Crippen molar-refractivity contribution in [3.05, 3.63) is 82.9 Å². The highest BCUT2D eigenvalue weighted by molar-refractivity contribution is 5.62. The molecule has 0 saturated carbocycles. The van der Waals surface area contributed by atoms with Crippen LogP contribution in [-0.2, 0) is 6.42 Å². The number of phenolic OH excluding ortho intramolecular Hbond substituents is 1. The largest absolute Gasteiger partial charge is 0.507 e. The molecule has 0 atom stereocenters. The quantitative estimate of drug-likeness (QED) is 0.428. The molecule has 0 aliphatic heterocycles. The fraction of sp³-hybridized carbons (Fsp3) is 0.280. The molecule has 0 amide bonds. The van der Waals surface area contributed by atoms with Crippen molar-refractivity contribution in [3.63, 3.8) is 0 Å². The van der Waals surface area contributed by atoms with Crippen LogP contribution >= 0.6 is 0 Å². The van der Waals surface area contributed by atoms with Crippen molar-refractivity contribution in [2.75, 3.05) is 11.1 Å². The van der Waals surface area contributed by atoms with E-state index in [0.717, 1.165) is 28.2 Å². The monoisotopic (exact) mass is 374 g/mol. The zero-order chi connectivity index (χ0) is 20.3. The predicted molar refractivity (Wildman–Crippen MR) is 120 cm³/mol. The first kappa shape index (κ1) is 19.8. The van der Waals surface area contributed by atoms with E-state index in [1.165, 1.54) is 11.1 Å². The summed E-state index contributed by atoms with van der Waals surface area (Å²) in [6.07, 6.45) is 0.717. The first-order valence-corrected chi connectivity index (χ1v) is 9.90. The molecular weight excluding hydrogens is 344 g/mol. The van der Waals surface area contributed by atoms with Gasteiger partial charge in [-0.25, -0.2) is 0 Å². The minimum atomic E-state index is 0.295. The molecule has 0 radical (unpaired) electrons. The average molecular weight is 375 g/mol. The zero-order valence-electron chi connectivity index (χ0n) is 17.2. The van der Waals surface area contributed by atoms with E-state index in [-0.39, 0.29) is 0 Å². The Balaban J connectivity index is 1.81. The summed E-state index contributed by atoms with van der Waals surface area (Å²) in [6, 6.07) is 20.3. The maximum Gasteiger partial charge on any atom is 0.122 e. The van der Waals surface area contributed by atoms with Gasteiger partial charge in [-0.05, 0) is 70.5 Å². The van der Waals surface area contributed by atoms with Crippen molar-refractivity contribution in [3.8, 4) is 5.75 Å². The van der Waals surface area contributed by atoms with Gasteiger partial charge in [-0.15, -0.1) is 0 Å². The molecule has 0 saturated heterocycles. The first-order valence-electron chi connectivity index (χ1n) is 9.90. The van der Waals surface area contributed by atoms with Gasteiger partial charge in [0.25, 0.3) is 0 Å². The molecule has 4 N–H and O–H groups in total. The van der Waals surface area contributed by atoms with E-state index in [2.05, 4.69) is 69.4 Å². The average Bonchev–Trinajstić information content (AvgIpc) is 2.66. The number of phenols is 1. The van der Waals surface area contributed by atoms with Crippen LogP contribution in [0, 0.1) is 0 Å². The van der Waals surface area contributed by atoms with E-state index in [9.17, 15) is 5.11 Å². The minimum Gasteiger partial charge on any atom is -0.507 e. The van der Waals surface area contributed by atoms with E-state index in [1.807, 2.05) is 24.3 Å². The lowest BCUT2D eigenvalue weighted by molar-refractivity contribution is 0.458. The number of hydrogen-bond donors (Lipinski definition) is 3. The molecule has 146 valence electrons. The number of nitrogens with one attached hydrogen (secondary N) is 1. The molecule has 3 aromatic rings. The van der Waals surface area contributed by atoms with Gasteiger partial charge in [0, 0.05) is 23.5 Å². The Morgan fingerprint density at radius 1 is 0.821 bits per heavy atom. The first-order chi connectivity index (χ1) is 13.3. The molecule has 3 heteroatoms. The topological polar surface area (TPSA) is 58.3 Å². The maximum absolute atomic E-state index is 10.8. The smallest absolute Gasteiger partial charge is 0.122 e. The third-order valence-electron chi connectivity index (χ3n) is 5.08. The number of nitrogens with two attached hydrogens (primary N) is 1. The number of rotatable bonds is 6. The summed E-state index contributed by atoms with van der Waals surface area (Å²) in [5, 5.41) is 14.2. The van der Waals surface area contributed by atoms with E-state index in [1.54, 1.807) is 0 Å². The van der Waals surface area contributed by atoms with Crippen molar-refractivity contribution >= 4 is 17.1 Å². The fourth-order valence-electron chi connectivity index (χ4n) is 3.31. The van der Waals surface area contributed by atoms with Crippen LogP contribution in [0.1, 0.15) is 61.8 Å². The highest BCUT2D eigenvalue weighted by atomic mass is 16.3. The Labute approximate surface area is 168 Å². The summed E-state index contributed by atoms with van der Waals surface area (Å²) >= 11 is 0. The van der Waals surface area contributed by atoms with Crippen molar-refractivity contribution in [2.45, 2.75) is 46.0 Å². The molecule has 0 heterocycles. The molecule has 3 rings (SSSR count). The Morgan fingerprint density at radius 2 is 1.39 bits per heavy atom. The third kappa shape index (κ3) is 4.66. The van der Waals surface area contributed by atoms with Gasteiger partial charge < -0.3 is 16.2 Å². The molecule has 3 aromatic carbocycles. The summed E-state index contributed by atoms with van der Waals surface area (Å²) in [6.45, 7) is 8.64. The lowest BCUT2D eigenvalue weighted by Gasteiger charge is -2.17. The van der Waals surface area contributed by atoms with Crippen molar-refractivity contribution in [2.24, 2.45) is 0 Å². The van der Waals surface area contributed by atoms with Crippen LogP contribution in [-0.4, -0.2) is 5.11 Å². The van der Waals surface area contributed by atoms with Gasteiger partial charge in [0.05, 0.1) is 0 Å². The van der Waals surface area contributed by atoms with Gasteiger partial charge in [-0.2, -0.15) is 0 Å². The summed E-state index contributed by atoms with van der Waals surface area (Å²) in [5.74, 6) is 1.16. The molecule has 28 heavy (non-hydrogen) atoms. The second-order valence-electron chi connectivity index (χ2n) is 8.05. The summed E-state index contributed by atoms with van der Waals surface area (Å²) in [7, 11) is 0. The SMILES string of the molecule is CC(C)c1cc(Cc2ccc(Nc3ccc(N)cc3)cc2)c(O)c(C(C)C)c1. The van der Waals surface area contributed by atoms with E-state index in [4.69, 9.17) is 5.73 Å². The van der Waals surface area contributed by atoms with Crippen molar-refractivity contribution in [1.29, 1.82) is 0 Å². The predicted octanol–water partition coefficient (Wildman–Crippen LogP) is 6.56. The van der Waals surface area contributed by atoms with Crippen molar-refractivity contribution < 1.29 is 5.11 Å². The molecule has 0 fully saturated rings. The number of nitrogen functional groups attached to an aromatic ring is 1. The van der Waals surface area contributed by atoms with Crippen LogP contribution < -0.4 is 11.1 Å². The molecule has 3 nitrogen and oxygen atoms in total. The normalized spacial score (nSPS) is 11.2. The lowest BCUT2D eigenvalue weighted by atomic mass is 9.90. The summed E-state index contributed by atoms with van der Waals surface area (Å²) in [4.78, 5) is 0. The van der Waals surface area contributed by atoms with Crippen molar-refractivity contribution in [1.82, 2.24) is 0 Å². The lowest BCUT2D eigenvalue weighted by Crippen LogP contribution is -1.99. The van der Waals surface area contributed by atoms with E-state index < -0.39 is 0 Å². The maximum atomic E-state index is 10.8. The third-order valence-corrected chi connectivity index (χ3v) is 5.08. The van der Waals surface area contributed by atoms with Gasteiger partial charge in [-0.3, -0.25) is 0 Å². The number of aromatic hydroxyl groups is 1. The van der Waals surface area contributed by atoms with E-state index in [0.29, 0.717) is 24.0 Å². The van der Waals surface area contributed by atoms with Gasteiger partial charge >= 0.3 is 0 Å². The van der Waals surface area contributed by atoms with Crippen LogP contribution in [0.5, 0.6) is 5.75 Å². The molecule has 0 spiro atoms. The fourth-order valence-corrected chi connectivity index (χ4v) is 3.31. The van der Waals surface area contributed by atoms with Gasteiger partial charge in [0.15, 0.2) is 0 Å². The van der Waals surface area contributed by atoms with Gasteiger partial charge in [-0.1, -0.05) is 52.0 Å². The molecule has 0 unspecified atom stereocenters. The summed E-state index contributed by atoms with van der Waals surface area (Å²) < 4.78 is 0. The number of hydrogen-bond acceptors (Lipinski definition) is 3. The Kier molecular flexibility index (Phi) is 5.93. The standard InChI is InChI=1S/C25H30N2O/c1-16(2)19-14-20(25(28)24(15-19)17(3)4)13-18-5-9-22(10-6-18)27-23-11-7-21(26)8-12-23/h5-12,14-17,27-28H,13,26H2,1-4H3. The minimum absolute atomic E-state index is 0.295. The highest BCUT2D eigenvalue weighted by Gasteiger charge is 2.14. The molecule has 0 aromatic heterocycles. The highest BCUT2D eigenvalue weighted by Crippen LogP contribution is 2.34. The Bertz CT molecular complexity index is 926. The second-order valence-corrected chi connectivity index (χ2v) is 8.05. The Morgan fingerprint density at radius 3 is 1.93 bits per heavy atom. The van der Waals surface area contributed by atoms with Gasteiger partial charge in [0.2, 0.25) is 0 Å². The van der Waals surface area contributed by atoms with E-state index >= 15 is 0 Å². The Hall–Kier alpha value is -2.94. The molecule has 0 aliphatic rings. The number of benzene rings is 3. The summed E-state index contributed by atoms with van der Waals surface area (Å²) in [5.41, 5.74) is 13.0. The molecular formula is C25H30N2O.